The van der Waals surface area contributed by atoms with Crippen molar-refractivity contribution in [1.29, 1.82) is 0 Å². The van der Waals surface area contributed by atoms with E-state index < -0.39 is 10.1 Å². The molecule has 0 heterocycles. The molecule has 0 amide bonds. The standard InChI is InChI=1S/C16H24O3S/c1-3-12(2)15-10-9-14(11-16(15)20(17,18)19)13-7-5-4-6-8-13/h9-13H,3-8H2,1-2H3,(H,17,18,19). The Morgan fingerprint density at radius 1 is 1.25 bits per heavy atom. The molecule has 1 aromatic carbocycles. The summed E-state index contributed by atoms with van der Waals surface area (Å²) in [7, 11) is -4.15. The van der Waals surface area contributed by atoms with E-state index in [1.54, 1.807) is 6.07 Å². The molecule has 1 saturated carbocycles. The fourth-order valence-corrected chi connectivity index (χ4v) is 3.94. The lowest BCUT2D eigenvalue weighted by Gasteiger charge is -2.23. The van der Waals surface area contributed by atoms with Gasteiger partial charge in [-0.3, -0.25) is 4.55 Å². The van der Waals surface area contributed by atoms with Crippen LogP contribution < -0.4 is 0 Å². The number of rotatable bonds is 4. The maximum absolute atomic E-state index is 11.7. The zero-order chi connectivity index (χ0) is 14.8. The molecular weight excluding hydrogens is 272 g/mol. The van der Waals surface area contributed by atoms with Crippen molar-refractivity contribution in [2.45, 2.75) is 69.1 Å². The molecule has 1 aliphatic carbocycles. The van der Waals surface area contributed by atoms with Crippen molar-refractivity contribution in [2.24, 2.45) is 0 Å². The van der Waals surface area contributed by atoms with Gasteiger partial charge in [-0.2, -0.15) is 8.42 Å². The third-order valence-electron chi connectivity index (χ3n) is 4.54. The van der Waals surface area contributed by atoms with Gasteiger partial charge in [0.15, 0.2) is 0 Å². The van der Waals surface area contributed by atoms with Crippen molar-refractivity contribution < 1.29 is 13.0 Å². The molecule has 3 nitrogen and oxygen atoms in total. The van der Waals surface area contributed by atoms with Gasteiger partial charge in [-0.15, -0.1) is 0 Å². The second kappa shape index (κ2) is 6.27. The van der Waals surface area contributed by atoms with Crippen LogP contribution in [0.25, 0.3) is 0 Å². The SMILES string of the molecule is CCC(C)c1ccc(C2CCCCC2)cc1S(=O)(=O)O. The Hall–Kier alpha value is -0.870. The lowest BCUT2D eigenvalue weighted by Crippen LogP contribution is -2.10. The van der Waals surface area contributed by atoms with Crippen LogP contribution in [0.1, 0.15) is 75.3 Å². The van der Waals surface area contributed by atoms with E-state index in [-0.39, 0.29) is 10.8 Å². The van der Waals surface area contributed by atoms with Crippen LogP contribution in [0.15, 0.2) is 23.1 Å². The van der Waals surface area contributed by atoms with Gasteiger partial charge >= 0.3 is 0 Å². The highest BCUT2D eigenvalue weighted by Crippen LogP contribution is 2.35. The summed E-state index contributed by atoms with van der Waals surface area (Å²) in [6.45, 7) is 4.01. The van der Waals surface area contributed by atoms with Gasteiger partial charge in [0.2, 0.25) is 0 Å². The average Bonchev–Trinajstić information content (AvgIpc) is 2.46. The normalized spacial score (nSPS) is 18.9. The summed E-state index contributed by atoms with van der Waals surface area (Å²) in [6.07, 6.45) is 6.77. The van der Waals surface area contributed by atoms with E-state index in [0.717, 1.165) is 30.4 Å². The third-order valence-corrected chi connectivity index (χ3v) is 5.44. The maximum atomic E-state index is 11.7. The van der Waals surface area contributed by atoms with E-state index in [2.05, 4.69) is 0 Å². The Kier molecular flexibility index (Phi) is 4.86. The van der Waals surface area contributed by atoms with Crippen LogP contribution in [0.4, 0.5) is 0 Å². The maximum Gasteiger partial charge on any atom is 0.294 e. The first-order valence-electron chi connectivity index (χ1n) is 7.54. The molecule has 0 radical (unpaired) electrons. The van der Waals surface area contributed by atoms with Gasteiger partial charge < -0.3 is 0 Å². The minimum Gasteiger partial charge on any atom is -0.282 e. The summed E-state index contributed by atoms with van der Waals surface area (Å²) in [4.78, 5) is 0.106. The minimum absolute atomic E-state index is 0.106. The number of hydrogen-bond acceptors (Lipinski definition) is 2. The van der Waals surface area contributed by atoms with Crippen LogP contribution in [0, 0.1) is 0 Å². The second-order valence-corrected chi connectivity index (χ2v) is 7.31. The van der Waals surface area contributed by atoms with E-state index in [1.165, 1.54) is 19.3 Å². The summed E-state index contributed by atoms with van der Waals surface area (Å²) in [5, 5.41) is 0. The molecule has 2 rings (SSSR count). The summed E-state index contributed by atoms with van der Waals surface area (Å²) in [5.74, 6) is 0.572. The van der Waals surface area contributed by atoms with Crippen molar-refractivity contribution >= 4 is 10.1 Å². The first-order chi connectivity index (χ1) is 9.43. The van der Waals surface area contributed by atoms with Gasteiger partial charge in [-0.1, -0.05) is 45.2 Å². The van der Waals surface area contributed by atoms with E-state index in [9.17, 15) is 13.0 Å². The van der Waals surface area contributed by atoms with E-state index in [4.69, 9.17) is 0 Å². The predicted octanol–water partition coefficient (Wildman–Crippen LogP) is 4.49. The van der Waals surface area contributed by atoms with Gasteiger partial charge in [-0.05, 0) is 48.3 Å². The van der Waals surface area contributed by atoms with Crippen molar-refractivity contribution in [3.05, 3.63) is 29.3 Å². The Balaban J connectivity index is 2.43. The van der Waals surface area contributed by atoms with Crippen molar-refractivity contribution in [3.63, 3.8) is 0 Å². The molecular formula is C16H24O3S. The minimum atomic E-state index is -4.15. The highest BCUT2D eigenvalue weighted by atomic mass is 32.2. The Morgan fingerprint density at radius 2 is 1.90 bits per heavy atom. The van der Waals surface area contributed by atoms with Crippen molar-refractivity contribution in [1.82, 2.24) is 0 Å². The molecule has 0 bridgehead atoms. The summed E-state index contributed by atoms with van der Waals surface area (Å²) < 4.78 is 32.8. The topological polar surface area (TPSA) is 54.4 Å². The molecule has 1 N–H and O–H groups in total. The lowest BCUT2D eigenvalue weighted by molar-refractivity contribution is 0.442. The summed E-state index contributed by atoms with van der Waals surface area (Å²) >= 11 is 0. The zero-order valence-electron chi connectivity index (χ0n) is 12.3. The highest BCUT2D eigenvalue weighted by molar-refractivity contribution is 7.85. The molecule has 112 valence electrons. The van der Waals surface area contributed by atoms with E-state index >= 15 is 0 Å². The first kappa shape index (κ1) is 15.5. The largest absolute Gasteiger partial charge is 0.294 e. The predicted molar refractivity (Wildman–Crippen MR) is 80.8 cm³/mol. The van der Waals surface area contributed by atoms with Gasteiger partial charge in [0.25, 0.3) is 10.1 Å². The van der Waals surface area contributed by atoms with Gasteiger partial charge in [-0.25, -0.2) is 0 Å². The van der Waals surface area contributed by atoms with Crippen molar-refractivity contribution in [2.75, 3.05) is 0 Å². The van der Waals surface area contributed by atoms with Crippen LogP contribution >= 0.6 is 0 Å². The molecule has 1 atom stereocenters. The van der Waals surface area contributed by atoms with Crippen LogP contribution in [0.2, 0.25) is 0 Å². The lowest BCUT2D eigenvalue weighted by atomic mass is 9.83. The molecule has 1 fully saturated rings. The highest BCUT2D eigenvalue weighted by Gasteiger charge is 2.22. The van der Waals surface area contributed by atoms with Crippen molar-refractivity contribution in [3.8, 4) is 0 Å². The summed E-state index contributed by atoms with van der Waals surface area (Å²) in [5.41, 5.74) is 1.79. The molecule has 4 heteroatoms. The molecule has 20 heavy (non-hydrogen) atoms. The van der Waals surface area contributed by atoms with Crippen LogP contribution in [0.3, 0.4) is 0 Å². The van der Waals surface area contributed by atoms with E-state index in [0.29, 0.717) is 5.92 Å². The second-order valence-electron chi connectivity index (χ2n) is 5.92. The van der Waals surface area contributed by atoms with E-state index in [1.807, 2.05) is 26.0 Å². The first-order valence-corrected chi connectivity index (χ1v) is 8.98. The van der Waals surface area contributed by atoms with Gasteiger partial charge in [0.1, 0.15) is 0 Å². The van der Waals surface area contributed by atoms with Crippen LogP contribution in [-0.4, -0.2) is 13.0 Å². The zero-order valence-corrected chi connectivity index (χ0v) is 13.1. The fraction of sp³-hybridized carbons (Fsp3) is 0.625. The number of hydrogen-bond donors (Lipinski definition) is 1. The van der Waals surface area contributed by atoms with Crippen LogP contribution in [0.5, 0.6) is 0 Å². The molecule has 0 spiro atoms. The smallest absolute Gasteiger partial charge is 0.282 e. The van der Waals surface area contributed by atoms with Gasteiger partial charge in [0, 0.05) is 0 Å². The Morgan fingerprint density at radius 3 is 2.45 bits per heavy atom. The third kappa shape index (κ3) is 3.41. The molecule has 1 unspecified atom stereocenters. The van der Waals surface area contributed by atoms with Gasteiger partial charge in [0.05, 0.1) is 4.90 Å². The molecule has 0 saturated heterocycles. The molecule has 0 aromatic heterocycles. The Bertz CT molecular complexity index is 557. The Labute approximate surface area is 122 Å². The quantitative estimate of drug-likeness (QED) is 0.833. The fourth-order valence-electron chi connectivity index (χ4n) is 3.09. The number of benzene rings is 1. The van der Waals surface area contributed by atoms with Crippen LogP contribution in [-0.2, 0) is 10.1 Å². The molecule has 0 aliphatic heterocycles. The average molecular weight is 296 g/mol. The monoisotopic (exact) mass is 296 g/mol. The molecule has 1 aliphatic rings. The molecule has 1 aromatic rings. The summed E-state index contributed by atoms with van der Waals surface area (Å²) in [6, 6.07) is 5.64.